The Bertz CT molecular complexity index is 5180. The number of H-pyrrole nitrogens is 1. The smallest absolute Gasteiger partial charge is 0.298 e. The molecule has 0 unspecified atom stereocenters. The van der Waals surface area contributed by atoms with Gasteiger partial charge in [-0.25, -0.2) is 13.2 Å². The maximum absolute atomic E-state index is 13.4. The van der Waals surface area contributed by atoms with E-state index in [1.807, 2.05) is 133 Å². The molecule has 0 spiro atoms. The van der Waals surface area contributed by atoms with Crippen LogP contribution in [0, 0.1) is 17.5 Å². The number of hydrogen-bond acceptors (Lipinski definition) is 12. The van der Waals surface area contributed by atoms with E-state index < -0.39 is 0 Å². The molecule has 0 aliphatic heterocycles. The minimum Gasteiger partial charge on any atom is -0.463 e. The van der Waals surface area contributed by atoms with Gasteiger partial charge in [-0.15, -0.1) is 10.2 Å². The van der Waals surface area contributed by atoms with Gasteiger partial charge in [-0.05, 0) is 180 Å². The van der Waals surface area contributed by atoms with Crippen LogP contribution in [0.2, 0.25) is 0 Å². The molecular formula is C99H96F3N9O4. The second-order valence-electron chi connectivity index (χ2n) is 29.0. The number of tetrazole rings is 1. The van der Waals surface area contributed by atoms with Gasteiger partial charge >= 0.3 is 0 Å². The van der Waals surface area contributed by atoms with E-state index in [9.17, 15) is 22.8 Å². The standard InChI is InChI=1S/C28H24FN5.C26H30N2.C23H22FNO2.C22H20FNO2/c29-25-16-12-23(13-17-25)20-34(18-21-6-2-1-3-7-21)19-22-10-14-24(15-11-22)26-8-4-5-9-27(26)28-30-32-33-31-28;1-27(2)26-15-12-22(13-16-26)19-28(18-21-7-4-3-5-8-21)20-23-11-14-24-9-6-10-25(24)17-23;24-23-12-10-21(11-13-23)16-25(14-19-4-2-1-3-5-19)15-20-6-8-22(9-7-20)17-27-18-26;23-21-10-6-19(7-11-21)15-24(14-18-4-2-1-3-5-18)16-20-8-12-22(13-9-20)26-17-25/h1-17H,18-20H2,(H,30,31,32,33);3-5,7-8,11-17H,6,9-10,18-20H2,1-2H3;1-13,18H,14-17H2;1-13,17H,14-16H2. The first-order valence-electron chi connectivity index (χ1n) is 38.8. The van der Waals surface area contributed by atoms with Gasteiger partial charge in [0.2, 0.25) is 5.82 Å². The molecule has 16 heteroatoms. The minimum atomic E-state index is -0.228. The number of rotatable bonds is 32. The summed E-state index contributed by atoms with van der Waals surface area (Å²) in [7, 11) is 4.18. The molecule has 13 aromatic carbocycles. The number of aryl methyl sites for hydroxylation is 2. The zero-order valence-corrected chi connectivity index (χ0v) is 65.1. The molecule has 0 saturated heterocycles. The van der Waals surface area contributed by atoms with Crippen molar-refractivity contribution in [3.63, 3.8) is 0 Å². The molecule has 0 bridgehead atoms. The van der Waals surface area contributed by atoms with E-state index >= 15 is 0 Å². The van der Waals surface area contributed by atoms with E-state index in [2.05, 4.69) is 211 Å². The number of benzene rings is 13. The van der Waals surface area contributed by atoms with Gasteiger partial charge < -0.3 is 14.4 Å². The topological polar surface area (TPSA) is 123 Å². The Hall–Kier alpha value is -12.7. The van der Waals surface area contributed by atoms with E-state index in [1.165, 1.54) is 106 Å². The van der Waals surface area contributed by atoms with Crippen molar-refractivity contribution in [2.24, 2.45) is 0 Å². The van der Waals surface area contributed by atoms with E-state index in [0.717, 1.165) is 116 Å². The number of aromatic nitrogens is 4. The molecule has 13 nitrogen and oxygen atoms in total. The zero-order chi connectivity index (χ0) is 79.6. The van der Waals surface area contributed by atoms with Crippen molar-refractivity contribution in [3.8, 4) is 28.3 Å². The van der Waals surface area contributed by atoms with Crippen LogP contribution in [-0.2, 0) is 112 Å². The lowest BCUT2D eigenvalue weighted by Crippen LogP contribution is -2.22. The molecule has 1 heterocycles. The monoisotopic (exact) mass is 1530 g/mol. The lowest BCUT2D eigenvalue weighted by Gasteiger charge is -2.24. The van der Waals surface area contributed by atoms with Crippen molar-refractivity contribution < 1.29 is 32.2 Å². The first-order valence-corrected chi connectivity index (χ1v) is 38.8. The number of halogens is 3. The molecule has 1 N–H and O–H groups in total. The maximum Gasteiger partial charge on any atom is 0.298 e. The van der Waals surface area contributed by atoms with Crippen LogP contribution in [0.3, 0.4) is 0 Å². The number of carbonyl (C=O) groups is 2. The SMILES string of the molecule is CN(C)c1ccc(CN(Cc2ccccc2)Cc2ccc3c(c2)CCC3)cc1.Fc1ccc(CN(Cc2ccccc2)Cc2ccc(-c3ccccc3-c3nn[nH]n3)cc2)cc1.O=COCc1ccc(CN(Cc2ccccc2)Cc2ccc(F)cc2)cc1.O=COc1ccc(CN(Cc2ccccc2)Cc2ccc(F)cc2)cc1. The fourth-order valence-electron chi connectivity index (χ4n) is 14.1. The van der Waals surface area contributed by atoms with E-state index in [-0.39, 0.29) is 24.1 Å². The van der Waals surface area contributed by atoms with Crippen molar-refractivity contribution in [1.82, 2.24) is 40.2 Å². The Morgan fingerprint density at radius 2 is 0.661 bits per heavy atom. The summed E-state index contributed by atoms with van der Waals surface area (Å²) in [6, 6.07) is 110. The Balaban J connectivity index is 0.000000142. The van der Waals surface area contributed by atoms with Crippen LogP contribution in [0.15, 0.2) is 334 Å². The Labute approximate surface area is 673 Å². The summed E-state index contributed by atoms with van der Waals surface area (Å²) in [5.41, 5.74) is 23.0. The molecule has 0 radical (unpaired) electrons. The van der Waals surface area contributed by atoms with Crippen LogP contribution in [-0.4, -0.2) is 67.3 Å². The molecule has 115 heavy (non-hydrogen) atoms. The fraction of sp³-hybridized carbons (Fsp3) is 0.182. The third kappa shape index (κ3) is 26.7. The number of anilines is 1. The van der Waals surface area contributed by atoms with Crippen LogP contribution in [0.5, 0.6) is 5.75 Å². The van der Waals surface area contributed by atoms with Gasteiger partial charge in [-0.1, -0.05) is 273 Å². The Morgan fingerprint density at radius 3 is 1.03 bits per heavy atom. The van der Waals surface area contributed by atoms with Gasteiger partial charge in [-0.3, -0.25) is 29.2 Å². The molecule has 0 amide bonds. The van der Waals surface area contributed by atoms with Gasteiger partial charge in [0.1, 0.15) is 29.8 Å². The third-order valence-electron chi connectivity index (χ3n) is 19.8. The van der Waals surface area contributed by atoms with Crippen molar-refractivity contribution in [3.05, 3.63) is 435 Å². The number of fused-ring (bicyclic) bond motifs is 1. The third-order valence-corrected chi connectivity index (χ3v) is 19.8. The summed E-state index contributed by atoms with van der Waals surface area (Å²) in [6.45, 7) is 10.9. The first-order chi connectivity index (χ1) is 56.4. The predicted molar refractivity (Wildman–Crippen MR) is 451 cm³/mol. The summed E-state index contributed by atoms with van der Waals surface area (Å²) < 4.78 is 49.4. The van der Waals surface area contributed by atoms with Crippen LogP contribution >= 0.6 is 0 Å². The number of hydrogen-bond donors (Lipinski definition) is 1. The highest BCUT2D eigenvalue weighted by Gasteiger charge is 2.18. The number of carbonyl (C=O) groups excluding carboxylic acids is 2. The normalized spacial score (nSPS) is 11.4. The van der Waals surface area contributed by atoms with Crippen LogP contribution < -0.4 is 9.64 Å². The van der Waals surface area contributed by atoms with Crippen molar-refractivity contribution in [2.45, 2.75) is 104 Å². The average molecular weight is 1530 g/mol. The lowest BCUT2D eigenvalue weighted by atomic mass is 9.98. The number of ether oxygens (including phenoxy) is 2. The maximum atomic E-state index is 13.4. The number of nitrogens with one attached hydrogen (secondary N) is 1. The van der Waals surface area contributed by atoms with E-state index in [4.69, 9.17) is 9.47 Å². The summed E-state index contributed by atoms with van der Waals surface area (Å²) >= 11 is 0. The molecule has 0 atom stereocenters. The zero-order valence-electron chi connectivity index (χ0n) is 65.1. The van der Waals surface area contributed by atoms with Crippen molar-refractivity contribution in [1.29, 1.82) is 0 Å². The number of aromatic amines is 1. The second kappa shape index (κ2) is 43.4. The second-order valence-corrected chi connectivity index (χ2v) is 29.0. The lowest BCUT2D eigenvalue weighted by molar-refractivity contribution is -0.129. The highest BCUT2D eigenvalue weighted by molar-refractivity contribution is 5.80. The van der Waals surface area contributed by atoms with Crippen LogP contribution in [0.1, 0.15) is 89.9 Å². The first kappa shape index (κ1) is 81.8. The van der Waals surface area contributed by atoms with Crippen molar-refractivity contribution >= 4 is 18.6 Å². The molecule has 14 aromatic rings. The number of nitrogens with zero attached hydrogens (tertiary/aromatic N) is 8. The van der Waals surface area contributed by atoms with E-state index in [1.54, 1.807) is 23.3 Å². The summed E-state index contributed by atoms with van der Waals surface area (Å²) in [4.78, 5) is 32.4. The van der Waals surface area contributed by atoms with E-state index in [0.29, 0.717) is 31.1 Å². The van der Waals surface area contributed by atoms with Crippen LogP contribution in [0.4, 0.5) is 18.9 Å². The van der Waals surface area contributed by atoms with Crippen LogP contribution in [0.25, 0.3) is 22.5 Å². The average Bonchev–Trinajstić information content (AvgIpc) is 1.80. The molecule has 1 aromatic heterocycles. The highest BCUT2D eigenvalue weighted by Crippen LogP contribution is 2.31. The summed E-state index contributed by atoms with van der Waals surface area (Å²) in [5.74, 6) is 0.440. The van der Waals surface area contributed by atoms with Gasteiger partial charge in [-0.2, -0.15) is 5.21 Å². The predicted octanol–water partition coefficient (Wildman–Crippen LogP) is 20.6. The summed E-state index contributed by atoms with van der Waals surface area (Å²) in [6.07, 6.45) is 3.81. The largest absolute Gasteiger partial charge is 0.463 e. The molecule has 0 saturated carbocycles. The molecule has 15 rings (SSSR count). The van der Waals surface area contributed by atoms with Gasteiger partial charge in [0.05, 0.1) is 0 Å². The Kier molecular flexibility index (Phi) is 30.8. The molecule has 0 fully saturated rings. The summed E-state index contributed by atoms with van der Waals surface area (Å²) in [5, 5.41) is 14.5. The van der Waals surface area contributed by atoms with Gasteiger partial charge in [0, 0.05) is 104 Å². The molecule has 582 valence electrons. The quantitative estimate of drug-likeness (QED) is 0.0404. The highest BCUT2D eigenvalue weighted by atomic mass is 19.1. The molecular weight excluding hydrogens is 1440 g/mol. The molecule has 1 aliphatic carbocycles. The Morgan fingerprint density at radius 1 is 0.339 bits per heavy atom. The van der Waals surface area contributed by atoms with Gasteiger partial charge in [0.25, 0.3) is 12.9 Å². The fourth-order valence-corrected chi connectivity index (χ4v) is 14.1. The van der Waals surface area contributed by atoms with Crippen molar-refractivity contribution in [2.75, 3.05) is 19.0 Å². The molecule has 1 aliphatic rings. The van der Waals surface area contributed by atoms with Gasteiger partial charge in [0.15, 0.2) is 0 Å². The minimum absolute atomic E-state index is 0.213.